The fourth-order valence-electron chi connectivity index (χ4n) is 4.05. The Morgan fingerprint density at radius 2 is 2.07 bits per heavy atom. The molecule has 0 amide bonds. The fourth-order valence-corrected chi connectivity index (χ4v) is 4.05. The zero-order chi connectivity index (χ0) is 21.2. The number of carbonyl (C=O) groups excluding carboxylic acids is 1. The lowest BCUT2D eigenvalue weighted by Crippen LogP contribution is -2.38. The molecule has 1 aliphatic carbocycles. The Hall–Kier alpha value is -2.81. The summed E-state index contributed by atoms with van der Waals surface area (Å²) in [5, 5.41) is 18.0. The molecule has 0 saturated heterocycles. The molecule has 1 N–H and O–H groups in total. The van der Waals surface area contributed by atoms with E-state index < -0.39 is 11.8 Å². The van der Waals surface area contributed by atoms with Gasteiger partial charge in [0.05, 0.1) is 19.8 Å². The number of benzene rings is 1. The van der Waals surface area contributed by atoms with E-state index in [0.717, 1.165) is 18.4 Å². The summed E-state index contributed by atoms with van der Waals surface area (Å²) in [5.74, 6) is 0.189. The number of rotatable bonds is 6. The molecule has 1 aromatic carbocycles. The highest BCUT2D eigenvalue weighted by Crippen LogP contribution is 2.48. The molecule has 6 heteroatoms. The molecule has 3 rings (SSSR count). The number of nitrogens with zero attached hydrogens (tertiary/aromatic N) is 1. The molecule has 6 nitrogen and oxygen atoms in total. The fraction of sp³-hybridized carbons (Fsp3) is 0.522. The van der Waals surface area contributed by atoms with Gasteiger partial charge in [-0.1, -0.05) is 33.3 Å². The lowest BCUT2D eigenvalue weighted by atomic mass is 9.68. The number of hydrogen-bond donors (Lipinski definition) is 1. The van der Waals surface area contributed by atoms with Crippen LogP contribution in [0, 0.1) is 28.1 Å². The van der Waals surface area contributed by atoms with E-state index in [1.165, 1.54) is 0 Å². The third-order valence-electron chi connectivity index (χ3n) is 5.48. The van der Waals surface area contributed by atoms with Gasteiger partial charge < -0.3 is 14.2 Å². The van der Waals surface area contributed by atoms with E-state index in [-0.39, 0.29) is 17.1 Å². The highest BCUT2D eigenvalue weighted by atomic mass is 16.5. The summed E-state index contributed by atoms with van der Waals surface area (Å²) < 4.78 is 17.0. The number of hydrogen-bond acceptors (Lipinski definition) is 6. The molecule has 1 aromatic rings. The third-order valence-corrected chi connectivity index (χ3v) is 5.48. The molecule has 2 atom stereocenters. The second-order valence-electron chi connectivity index (χ2n) is 8.44. The van der Waals surface area contributed by atoms with Crippen LogP contribution in [0.4, 0.5) is 0 Å². The number of allylic oxidation sites excluding steroid dienone is 2. The summed E-state index contributed by atoms with van der Waals surface area (Å²) in [4.78, 5) is 13.0. The van der Waals surface area contributed by atoms with Crippen LogP contribution in [0.5, 0.6) is 11.5 Å². The number of carbonyl (C=O) groups is 1. The second-order valence-corrected chi connectivity index (χ2v) is 8.44. The van der Waals surface area contributed by atoms with Crippen molar-refractivity contribution in [1.82, 2.24) is 0 Å². The maximum absolute atomic E-state index is 13.0. The van der Waals surface area contributed by atoms with E-state index in [1.807, 2.05) is 32.0 Å². The van der Waals surface area contributed by atoms with Gasteiger partial charge in [-0.05, 0) is 29.5 Å². The maximum Gasteiger partial charge on any atom is 0.205 e. The van der Waals surface area contributed by atoms with Crippen molar-refractivity contribution in [1.29, 1.82) is 10.7 Å². The van der Waals surface area contributed by atoms with Crippen LogP contribution < -0.4 is 9.47 Å². The minimum atomic E-state index is -0.851. The Morgan fingerprint density at radius 1 is 1.31 bits per heavy atom. The zero-order valence-electron chi connectivity index (χ0n) is 17.5. The molecule has 2 aliphatic rings. The van der Waals surface area contributed by atoms with Crippen molar-refractivity contribution in [2.45, 2.75) is 52.4 Å². The van der Waals surface area contributed by atoms with E-state index in [4.69, 9.17) is 19.6 Å². The molecule has 2 unspecified atom stereocenters. The van der Waals surface area contributed by atoms with Crippen LogP contribution in [0.3, 0.4) is 0 Å². The average molecular weight is 396 g/mol. The number of ketones is 1. The molecule has 0 saturated carbocycles. The van der Waals surface area contributed by atoms with E-state index >= 15 is 0 Å². The first kappa shape index (κ1) is 20.9. The van der Waals surface area contributed by atoms with Crippen LogP contribution in [0.15, 0.2) is 29.5 Å². The molecule has 29 heavy (non-hydrogen) atoms. The largest absolute Gasteiger partial charge is 0.493 e. The topological polar surface area (TPSA) is 92.4 Å². The molecule has 0 aromatic heterocycles. The number of nitriles is 1. The quantitative estimate of drug-likeness (QED) is 0.701. The van der Waals surface area contributed by atoms with E-state index in [0.29, 0.717) is 42.3 Å². The Labute approximate surface area is 172 Å². The second kappa shape index (κ2) is 8.28. The number of nitrogens with one attached hydrogen (secondary N) is 1. The molecule has 0 spiro atoms. The third kappa shape index (κ3) is 4.14. The Morgan fingerprint density at radius 3 is 2.72 bits per heavy atom. The van der Waals surface area contributed by atoms with Crippen molar-refractivity contribution in [2.24, 2.45) is 11.3 Å². The van der Waals surface area contributed by atoms with E-state index in [9.17, 15) is 10.1 Å². The summed E-state index contributed by atoms with van der Waals surface area (Å²) in [6, 6.07) is 7.65. The summed E-state index contributed by atoms with van der Waals surface area (Å²) in [5.41, 5.74) is 1.05. The molecule has 1 aliphatic heterocycles. The zero-order valence-corrected chi connectivity index (χ0v) is 17.5. The van der Waals surface area contributed by atoms with Crippen LogP contribution in [0.25, 0.3) is 0 Å². The van der Waals surface area contributed by atoms with Gasteiger partial charge in [0.2, 0.25) is 5.90 Å². The molecule has 0 fully saturated rings. The highest BCUT2D eigenvalue weighted by molar-refractivity contribution is 6.01. The molecule has 154 valence electrons. The number of methoxy groups -OCH3 is 1. The summed E-state index contributed by atoms with van der Waals surface area (Å²) >= 11 is 0. The smallest absolute Gasteiger partial charge is 0.205 e. The van der Waals surface area contributed by atoms with Crippen molar-refractivity contribution >= 4 is 11.7 Å². The van der Waals surface area contributed by atoms with Crippen LogP contribution >= 0.6 is 0 Å². The first-order chi connectivity index (χ1) is 13.8. The normalized spacial score (nSPS) is 23.1. The van der Waals surface area contributed by atoms with Gasteiger partial charge in [-0.3, -0.25) is 10.2 Å². The van der Waals surface area contributed by atoms with E-state index in [1.54, 1.807) is 7.11 Å². The number of Topliss-reactive ketones (excluding diaryl/α,β-unsaturated/α-hetero) is 1. The summed E-state index contributed by atoms with van der Waals surface area (Å²) in [6.45, 7) is 6.72. The average Bonchev–Trinajstić information content (AvgIpc) is 2.66. The predicted octanol–water partition coefficient (Wildman–Crippen LogP) is 4.75. The van der Waals surface area contributed by atoms with Gasteiger partial charge in [-0.2, -0.15) is 5.26 Å². The lowest BCUT2D eigenvalue weighted by molar-refractivity contribution is -0.119. The monoisotopic (exact) mass is 396 g/mol. The Kier molecular flexibility index (Phi) is 5.97. The summed E-state index contributed by atoms with van der Waals surface area (Å²) in [7, 11) is 1.57. The van der Waals surface area contributed by atoms with Gasteiger partial charge in [0.25, 0.3) is 0 Å². The molecule has 0 radical (unpaired) electrons. The minimum Gasteiger partial charge on any atom is -0.493 e. The minimum absolute atomic E-state index is 0.0174. The van der Waals surface area contributed by atoms with Crippen LogP contribution in [-0.4, -0.2) is 25.4 Å². The van der Waals surface area contributed by atoms with Crippen LogP contribution in [-0.2, 0) is 9.53 Å². The number of ether oxygens (including phenoxy) is 3. The van der Waals surface area contributed by atoms with Crippen molar-refractivity contribution in [3.05, 3.63) is 35.1 Å². The van der Waals surface area contributed by atoms with Gasteiger partial charge >= 0.3 is 0 Å². The molecule has 1 heterocycles. The van der Waals surface area contributed by atoms with Gasteiger partial charge in [0.15, 0.2) is 17.3 Å². The molecular formula is C23H28N2O4. The SMILES string of the molecule is CCCCOc1ccc(C2C3=C(CC(C)(C)CC3=O)OC(=N)C2C#N)cc1OC. The van der Waals surface area contributed by atoms with E-state index in [2.05, 4.69) is 13.0 Å². The Bertz CT molecular complexity index is 895. The molecular weight excluding hydrogens is 368 g/mol. The highest BCUT2D eigenvalue weighted by Gasteiger charge is 2.46. The first-order valence-corrected chi connectivity index (χ1v) is 10.0. The van der Waals surface area contributed by atoms with Crippen molar-refractivity contribution in [3.8, 4) is 17.6 Å². The Balaban J connectivity index is 2.05. The summed E-state index contributed by atoms with van der Waals surface area (Å²) in [6.07, 6.45) is 2.94. The van der Waals surface area contributed by atoms with Gasteiger partial charge in [-0.15, -0.1) is 0 Å². The predicted molar refractivity (Wildman–Crippen MR) is 109 cm³/mol. The first-order valence-electron chi connectivity index (χ1n) is 10.0. The maximum atomic E-state index is 13.0. The standard InChI is InChI=1S/C23H28N2O4/c1-5-6-9-28-17-8-7-14(10-18(17)27-4)20-15(13-24)22(25)29-19-12-23(2,3)11-16(26)21(19)20/h7-8,10,15,20,25H,5-6,9,11-12H2,1-4H3. The number of unbranched alkanes of at least 4 members (excludes halogenated alkanes) is 1. The van der Waals surface area contributed by atoms with Crippen molar-refractivity contribution < 1.29 is 19.0 Å². The van der Waals surface area contributed by atoms with Crippen LogP contribution in [0.1, 0.15) is 57.9 Å². The van der Waals surface area contributed by atoms with Crippen molar-refractivity contribution in [3.63, 3.8) is 0 Å². The van der Waals surface area contributed by atoms with Gasteiger partial charge in [-0.25, -0.2) is 0 Å². The van der Waals surface area contributed by atoms with Gasteiger partial charge in [0.1, 0.15) is 11.7 Å². The molecule has 0 bridgehead atoms. The van der Waals surface area contributed by atoms with Gasteiger partial charge in [0, 0.05) is 24.3 Å². The lowest BCUT2D eigenvalue weighted by Gasteiger charge is -2.39. The van der Waals surface area contributed by atoms with Crippen molar-refractivity contribution in [2.75, 3.05) is 13.7 Å². The van der Waals surface area contributed by atoms with Crippen LogP contribution in [0.2, 0.25) is 0 Å².